The van der Waals surface area contributed by atoms with Crippen LogP contribution >= 0.6 is 11.6 Å². The molecule has 186 valence electrons. The molecule has 0 aliphatic carbocycles. The molecule has 2 amide bonds. The number of nitrogens with one attached hydrogen (secondary N) is 1. The normalized spacial score (nSPS) is 12.7. The average Bonchev–Trinajstić information content (AvgIpc) is 2.71. The summed E-state index contributed by atoms with van der Waals surface area (Å²) in [5, 5.41) is 3.45. The molecule has 2 aromatic carbocycles. The van der Waals surface area contributed by atoms with Crippen LogP contribution in [0.5, 0.6) is 0 Å². The first-order valence-electron chi connectivity index (χ1n) is 11.0. The lowest BCUT2D eigenvalue weighted by molar-refractivity contribution is -0.140. The van der Waals surface area contributed by atoms with Crippen LogP contribution in [0.15, 0.2) is 42.5 Å². The summed E-state index contributed by atoms with van der Waals surface area (Å²) in [6.07, 6.45) is 1.06. The van der Waals surface area contributed by atoms with Crippen LogP contribution in [0.1, 0.15) is 44.4 Å². The van der Waals surface area contributed by atoms with E-state index in [4.69, 9.17) is 11.6 Å². The highest BCUT2D eigenvalue weighted by molar-refractivity contribution is 7.92. The van der Waals surface area contributed by atoms with Crippen LogP contribution in [0.2, 0.25) is 5.02 Å². The Bertz CT molecular complexity index is 1140. The van der Waals surface area contributed by atoms with E-state index in [1.54, 1.807) is 43.3 Å². The number of sulfonamides is 1. The Hall–Kier alpha value is -2.58. The smallest absolute Gasteiger partial charge is 0.244 e. The van der Waals surface area contributed by atoms with Gasteiger partial charge in [-0.15, -0.1) is 0 Å². The predicted molar refractivity (Wildman–Crippen MR) is 137 cm³/mol. The van der Waals surface area contributed by atoms with Gasteiger partial charge in [0, 0.05) is 17.1 Å². The van der Waals surface area contributed by atoms with Gasteiger partial charge in [-0.3, -0.25) is 13.9 Å². The molecular weight excluding hydrogens is 474 g/mol. The van der Waals surface area contributed by atoms with Crippen molar-refractivity contribution >= 4 is 39.1 Å². The zero-order valence-corrected chi connectivity index (χ0v) is 22.4. The molecule has 1 atom stereocenters. The zero-order valence-electron chi connectivity index (χ0n) is 20.8. The monoisotopic (exact) mass is 507 g/mol. The number of amides is 2. The average molecular weight is 508 g/mol. The van der Waals surface area contributed by atoms with Crippen LogP contribution in [-0.4, -0.2) is 49.5 Å². The number of hydrogen-bond donors (Lipinski definition) is 1. The van der Waals surface area contributed by atoms with Gasteiger partial charge >= 0.3 is 0 Å². The predicted octanol–water partition coefficient (Wildman–Crippen LogP) is 4.05. The molecule has 7 nitrogen and oxygen atoms in total. The Labute approximate surface area is 208 Å². The molecule has 2 aromatic rings. The molecule has 0 saturated carbocycles. The second-order valence-electron chi connectivity index (χ2n) is 9.60. The van der Waals surface area contributed by atoms with Gasteiger partial charge in [0.1, 0.15) is 12.6 Å². The molecule has 0 saturated heterocycles. The van der Waals surface area contributed by atoms with Crippen LogP contribution in [0.3, 0.4) is 0 Å². The summed E-state index contributed by atoms with van der Waals surface area (Å²) in [4.78, 5) is 27.8. The van der Waals surface area contributed by atoms with E-state index in [1.165, 1.54) is 4.90 Å². The molecular formula is C25H34ClN3O4S. The minimum Gasteiger partial charge on any atom is -0.350 e. The van der Waals surface area contributed by atoms with Crippen LogP contribution in [0, 0.1) is 13.8 Å². The highest BCUT2D eigenvalue weighted by Gasteiger charge is 2.31. The third-order valence-corrected chi connectivity index (χ3v) is 6.78. The van der Waals surface area contributed by atoms with Gasteiger partial charge in [-0.1, -0.05) is 29.8 Å². The molecule has 0 fully saturated rings. The van der Waals surface area contributed by atoms with Gasteiger partial charge in [0.2, 0.25) is 21.8 Å². The Morgan fingerprint density at radius 1 is 1.03 bits per heavy atom. The lowest BCUT2D eigenvalue weighted by Gasteiger charge is -2.33. The van der Waals surface area contributed by atoms with Crippen LogP contribution in [0.25, 0.3) is 0 Å². The Morgan fingerprint density at radius 3 is 2.12 bits per heavy atom. The van der Waals surface area contributed by atoms with E-state index < -0.39 is 34.1 Å². The number of carbonyl (C=O) groups excluding carboxylic acids is 2. The molecule has 0 spiro atoms. The van der Waals surface area contributed by atoms with Crippen LogP contribution < -0.4 is 9.62 Å². The first-order chi connectivity index (χ1) is 15.6. The van der Waals surface area contributed by atoms with Crippen LogP contribution in [0.4, 0.5) is 5.69 Å². The van der Waals surface area contributed by atoms with E-state index in [2.05, 4.69) is 5.32 Å². The number of halogens is 1. The SMILES string of the molecule is Cc1ccc(N(CC(=O)N(Cc2ccc(Cl)cc2)[C@H](C)C(=O)NC(C)(C)C)S(C)(=O)=O)cc1C. The van der Waals surface area contributed by atoms with Crippen molar-refractivity contribution in [2.75, 3.05) is 17.1 Å². The van der Waals surface area contributed by atoms with Gasteiger partial charge < -0.3 is 10.2 Å². The van der Waals surface area contributed by atoms with Gasteiger partial charge in [-0.25, -0.2) is 8.42 Å². The lowest BCUT2D eigenvalue weighted by Crippen LogP contribution is -2.54. The molecule has 0 radical (unpaired) electrons. The van der Waals surface area contributed by atoms with Crippen LogP contribution in [-0.2, 0) is 26.2 Å². The Morgan fingerprint density at radius 2 is 1.62 bits per heavy atom. The van der Waals surface area contributed by atoms with Crippen molar-refractivity contribution in [2.24, 2.45) is 0 Å². The highest BCUT2D eigenvalue weighted by Crippen LogP contribution is 2.22. The number of nitrogens with zero attached hydrogens (tertiary/aromatic N) is 2. The van der Waals surface area contributed by atoms with Gasteiger partial charge in [-0.05, 0) is 82.5 Å². The third-order valence-electron chi connectivity index (χ3n) is 5.39. The number of aryl methyl sites for hydroxylation is 2. The van der Waals surface area contributed by atoms with Crippen molar-refractivity contribution in [3.63, 3.8) is 0 Å². The molecule has 0 heterocycles. The molecule has 0 aliphatic rings. The Balaban J connectivity index is 2.41. The standard InChI is InChI=1S/C25H34ClN3O4S/c1-17-8-13-22(14-18(17)2)29(34(7,32)33)16-23(30)28(15-20-9-11-21(26)12-10-20)19(3)24(31)27-25(4,5)6/h8-14,19H,15-16H2,1-7H3,(H,27,31)/t19-/m1/s1. The molecule has 9 heteroatoms. The van der Waals surface area contributed by atoms with E-state index in [0.29, 0.717) is 10.7 Å². The summed E-state index contributed by atoms with van der Waals surface area (Å²) in [6.45, 7) is 10.7. The molecule has 0 unspecified atom stereocenters. The summed E-state index contributed by atoms with van der Waals surface area (Å²) >= 11 is 5.99. The van der Waals surface area contributed by atoms with Crippen molar-refractivity contribution in [1.29, 1.82) is 0 Å². The van der Waals surface area contributed by atoms with Gasteiger partial charge in [-0.2, -0.15) is 0 Å². The van der Waals surface area contributed by atoms with Crippen molar-refractivity contribution in [3.8, 4) is 0 Å². The van der Waals surface area contributed by atoms with E-state index in [9.17, 15) is 18.0 Å². The fourth-order valence-corrected chi connectivity index (χ4v) is 4.31. The van der Waals surface area contributed by atoms with E-state index >= 15 is 0 Å². The van der Waals surface area contributed by atoms with Crippen molar-refractivity contribution in [3.05, 3.63) is 64.2 Å². The number of hydrogen-bond acceptors (Lipinski definition) is 4. The quantitative estimate of drug-likeness (QED) is 0.583. The van der Waals surface area contributed by atoms with Gasteiger partial charge in [0.25, 0.3) is 0 Å². The molecule has 2 rings (SSSR count). The maximum atomic E-state index is 13.5. The Kier molecular flexibility index (Phi) is 8.77. The fourth-order valence-electron chi connectivity index (χ4n) is 3.34. The molecule has 0 aromatic heterocycles. The van der Waals surface area contributed by atoms with E-state index in [1.807, 2.05) is 40.7 Å². The van der Waals surface area contributed by atoms with Crippen molar-refractivity contribution in [2.45, 2.75) is 59.7 Å². The maximum absolute atomic E-state index is 13.5. The van der Waals surface area contributed by atoms with E-state index in [0.717, 1.165) is 27.3 Å². The first-order valence-corrected chi connectivity index (χ1v) is 13.2. The number of anilines is 1. The summed E-state index contributed by atoms with van der Waals surface area (Å²) in [7, 11) is -3.76. The minimum atomic E-state index is -3.76. The summed E-state index contributed by atoms with van der Waals surface area (Å²) in [5.41, 5.74) is 2.61. The number of benzene rings is 2. The summed E-state index contributed by atoms with van der Waals surface area (Å²) < 4.78 is 26.3. The summed E-state index contributed by atoms with van der Waals surface area (Å²) in [5.74, 6) is -0.818. The third kappa shape index (κ3) is 7.74. The minimum absolute atomic E-state index is 0.124. The summed E-state index contributed by atoms with van der Waals surface area (Å²) in [6, 6.07) is 11.4. The van der Waals surface area contributed by atoms with Crippen molar-refractivity contribution in [1.82, 2.24) is 10.2 Å². The molecule has 1 N–H and O–H groups in total. The highest BCUT2D eigenvalue weighted by atomic mass is 35.5. The van der Waals surface area contributed by atoms with Crippen molar-refractivity contribution < 1.29 is 18.0 Å². The van der Waals surface area contributed by atoms with Gasteiger partial charge in [0.15, 0.2) is 0 Å². The fraction of sp³-hybridized carbons (Fsp3) is 0.440. The van der Waals surface area contributed by atoms with E-state index in [-0.39, 0.29) is 12.5 Å². The largest absolute Gasteiger partial charge is 0.350 e. The zero-order chi connectivity index (χ0) is 25.8. The maximum Gasteiger partial charge on any atom is 0.244 e. The van der Waals surface area contributed by atoms with Gasteiger partial charge in [0.05, 0.1) is 11.9 Å². The molecule has 0 bridgehead atoms. The number of rotatable bonds is 8. The second-order valence-corrected chi connectivity index (χ2v) is 11.9. The second kappa shape index (κ2) is 10.8. The molecule has 0 aliphatic heterocycles. The molecule has 34 heavy (non-hydrogen) atoms. The number of carbonyl (C=O) groups is 2. The topological polar surface area (TPSA) is 86.8 Å². The lowest BCUT2D eigenvalue weighted by atomic mass is 10.1. The first kappa shape index (κ1) is 27.7.